The molecule has 0 radical (unpaired) electrons. The molecule has 0 aromatic carbocycles. The number of hydrogen-bond acceptors (Lipinski definition) is 5. The number of carbonyl (C=O) groups is 2. The van der Waals surface area contributed by atoms with Crippen molar-refractivity contribution < 1.29 is 14.7 Å². The fourth-order valence-electron chi connectivity index (χ4n) is 3.56. The summed E-state index contributed by atoms with van der Waals surface area (Å²) in [5, 5.41) is 13.1. The van der Waals surface area contributed by atoms with Crippen molar-refractivity contribution in [1.82, 2.24) is 14.5 Å². The van der Waals surface area contributed by atoms with Crippen LogP contribution in [0.4, 0.5) is 0 Å². The van der Waals surface area contributed by atoms with Crippen molar-refractivity contribution in [1.29, 1.82) is 0 Å². The minimum atomic E-state index is -0.903. The molecule has 1 aromatic heterocycles. The maximum atomic E-state index is 12.6. The van der Waals surface area contributed by atoms with Gasteiger partial charge in [0.15, 0.2) is 0 Å². The van der Waals surface area contributed by atoms with Crippen LogP contribution in [0.25, 0.3) is 0 Å². The molecule has 1 saturated heterocycles. The maximum Gasteiger partial charge on any atom is 0.326 e. The fourth-order valence-corrected chi connectivity index (χ4v) is 4.02. The highest BCUT2D eigenvalue weighted by molar-refractivity contribution is 7.07. The number of nitrogens with zero attached hydrogens (tertiary/aromatic N) is 3. The van der Waals surface area contributed by atoms with Gasteiger partial charge in [0.05, 0.1) is 6.20 Å². The molecule has 1 aliphatic carbocycles. The van der Waals surface area contributed by atoms with Gasteiger partial charge in [-0.25, -0.2) is 4.79 Å². The SMILES string of the molecule is O=C(O)C1CCC2CCCCC2N1C(=O)c1cnns1. The zero-order chi connectivity index (χ0) is 14.1. The smallest absolute Gasteiger partial charge is 0.326 e. The normalized spacial score (nSPS) is 29.8. The number of carbonyl (C=O) groups excluding carboxylic acids is 1. The second-order valence-electron chi connectivity index (χ2n) is 5.54. The molecule has 6 nitrogen and oxygen atoms in total. The summed E-state index contributed by atoms with van der Waals surface area (Å²) in [4.78, 5) is 26.2. The summed E-state index contributed by atoms with van der Waals surface area (Å²) < 4.78 is 3.71. The van der Waals surface area contributed by atoms with E-state index in [1.54, 1.807) is 4.90 Å². The van der Waals surface area contributed by atoms with E-state index in [0.29, 0.717) is 17.2 Å². The van der Waals surface area contributed by atoms with Crippen molar-refractivity contribution in [2.75, 3.05) is 0 Å². The number of carboxylic acid groups (broad SMARTS) is 1. The van der Waals surface area contributed by atoms with E-state index in [1.807, 2.05) is 0 Å². The van der Waals surface area contributed by atoms with Gasteiger partial charge in [-0.2, -0.15) is 0 Å². The second kappa shape index (κ2) is 5.47. The fraction of sp³-hybridized carbons (Fsp3) is 0.692. The van der Waals surface area contributed by atoms with E-state index in [9.17, 15) is 14.7 Å². The third-order valence-electron chi connectivity index (χ3n) is 4.46. The first kappa shape index (κ1) is 13.5. The number of carboxylic acids is 1. The number of aromatic nitrogens is 2. The van der Waals surface area contributed by atoms with Gasteiger partial charge in [0.2, 0.25) is 0 Å². The second-order valence-corrected chi connectivity index (χ2v) is 6.32. The minimum Gasteiger partial charge on any atom is -0.480 e. The highest BCUT2D eigenvalue weighted by Gasteiger charge is 2.44. The average Bonchev–Trinajstić information content (AvgIpc) is 2.99. The van der Waals surface area contributed by atoms with Gasteiger partial charge in [-0.3, -0.25) is 4.79 Å². The molecule has 108 valence electrons. The van der Waals surface area contributed by atoms with Crippen molar-refractivity contribution in [2.24, 2.45) is 5.92 Å². The molecule has 2 fully saturated rings. The molecule has 1 aromatic rings. The van der Waals surface area contributed by atoms with Crippen LogP contribution in [-0.4, -0.2) is 43.6 Å². The van der Waals surface area contributed by atoms with Crippen LogP contribution in [0.1, 0.15) is 48.2 Å². The van der Waals surface area contributed by atoms with Gasteiger partial charge in [-0.1, -0.05) is 17.3 Å². The lowest BCUT2D eigenvalue weighted by atomic mass is 9.76. The molecule has 2 heterocycles. The highest BCUT2D eigenvalue weighted by atomic mass is 32.1. The summed E-state index contributed by atoms with van der Waals surface area (Å²) in [5.41, 5.74) is 0. The molecule has 0 spiro atoms. The van der Waals surface area contributed by atoms with Crippen molar-refractivity contribution in [3.63, 3.8) is 0 Å². The summed E-state index contributed by atoms with van der Waals surface area (Å²) in [6.07, 6.45) is 7.15. The molecule has 1 amide bonds. The van der Waals surface area contributed by atoms with Gasteiger partial charge >= 0.3 is 5.97 Å². The van der Waals surface area contributed by atoms with Gasteiger partial charge in [0, 0.05) is 6.04 Å². The van der Waals surface area contributed by atoms with Crippen molar-refractivity contribution in [2.45, 2.75) is 50.6 Å². The first-order valence-corrected chi connectivity index (χ1v) is 7.78. The molecule has 3 rings (SSSR count). The minimum absolute atomic E-state index is 0.0631. The number of likely N-dealkylation sites (tertiary alicyclic amines) is 1. The van der Waals surface area contributed by atoms with Crippen LogP contribution in [0.15, 0.2) is 6.20 Å². The quantitative estimate of drug-likeness (QED) is 0.899. The Morgan fingerprint density at radius 3 is 2.75 bits per heavy atom. The van der Waals surface area contributed by atoms with Crippen LogP contribution in [0.5, 0.6) is 0 Å². The lowest BCUT2D eigenvalue weighted by molar-refractivity contribution is -0.146. The summed E-state index contributed by atoms with van der Waals surface area (Å²) in [6.45, 7) is 0. The van der Waals surface area contributed by atoms with E-state index in [4.69, 9.17) is 0 Å². The van der Waals surface area contributed by atoms with E-state index in [0.717, 1.165) is 37.2 Å². The van der Waals surface area contributed by atoms with Gasteiger partial charge in [0.25, 0.3) is 5.91 Å². The summed E-state index contributed by atoms with van der Waals surface area (Å²) in [7, 11) is 0. The largest absolute Gasteiger partial charge is 0.480 e. The monoisotopic (exact) mass is 295 g/mol. The van der Waals surface area contributed by atoms with Crippen LogP contribution in [0.2, 0.25) is 0 Å². The van der Waals surface area contributed by atoms with Gasteiger partial charge < -0.3 is 10.0 Å². The molecule has 20 heavy (non-hydrogen) atoms. The molecule has 1 N–H and O–H groups in total. The average molecular weight is 295 g/mol. The highest BCUT2D eigenvalue weighted by Crippen LogP contribution is 2.38. The van der Waals surface area contributed by atoms with E-state index < -0.39 is 12.0 Å². The Labute approximate surface area is 121 Å². The molecular formula is C13H17N3O3S. The molecule has 1 saturated carbocycles. The van der Waals surface area contributed by atoms with E-state index >= 15 is 0 Å². The molecule has 3 unspecified atom stereocenters. The maximum absolute atomic E-state index is 12.6. The molecular weight excluding hydrogens is 278 g/mol. The number of fused-ring (bicyclic) bond motifs is 1. The van der Waals surface area contributed by atoms with Crippen LogP contribution < -0.4 is 0 Å². The molecule has 7 heteroatoms. The Bertz CT molecular complexity index is 505. The number of aliphatic carboxylic acids is 1. The zero-order valence-electron chi connectivity index (χ0n) is 11.1. The standard InChI is InChI=1S/C13H17N3O3S/c17-12(11-7-14-15-20-11)16-9-4-2-1-3-8(9)5-6-10(16)13(18)19/h7-10H,1-6H2,(H,18,19). The number of amides is 1. The Kier molecular flexibility index (Phi) is 3.69. The molecule has 1 aliphatic heterocycles. The van der Waals surface area contributed by atoms with Crippen LogP contribution in [0, 0.1) is 5.92 Å². The van der Waals surface area contributed by atoms with Crippen molar-refractivity contribution >= 4 is 23.4 Å². The van der Waals surface area contributed by atoms with Gasteiger partial charge in [-0.15, -0.1) is 5.10 Å². The Morgan fingerprint density at radius 2 is 2.05 bits per heavy atom. The van der Waals surface area contributed by atoms with E-state index in [2.05, 4.69) is 9.59 Å². The first-order valence-electron chi connectivity index (χ1n) is 7.01. The van der Waals surface area contributed by atoms with Crippen molar-refractivity contribution in [3.8, 4) is 0 Å². The number of piperidine rings is 1. The predicted molar refractivity (Wildman–Crippen MR) is 72.5 cm³/mol. The van der Waals surface area contributed by atoms with Crippen LogP contribution >= 0.6 is 11.5 Å². The van der Waals surface area contributed by atoms with Crippen LogP contribution in [0.3, 0.4) is 0 Å². The Hall–Kier alpha value is -1.50. The van der Waals surface area contributed by atoms with Gasteiger partial charge in [-0.05, 0) is 43.1 Å². The van der Waals surface area contributed by atoms with Crippen molar-refractivity contribution in [3.05, 3.63) is 11.1 Å². The predicted octanol–water partition coefficient (Wildman–Crippen LogP) is 1.79. The Balaban J connectivity index is 1.91. The zero-order valence-corrected chi connectivity index (χ0v) is 11.9. The van der Waals surface area contributed by atoms with Gasteiger partial charge in [0.1, 0.15) is 10.9 Å². The number of hydrogen-bond donors (Lipinski definition) is 1. The Morgan fingerprint density at radius 1 is 1.25 bits per heavy atom. The first-order chi connectivity index (χ1) is 9.68. The molecule has 3 atom stereocenters. The molecule has 2 aliphatic rings. The topological polar surface area (TPSA) is 83.4 Å². The van der Waals surface area contributed by atoms with E-state index in [1.165, 1.54) is 12.6 Å². The lowest BCUT2D eigenvalue weighted by Crippen LogP contribution is -2.57. The lowest BCUT2D eigenvalue weighted by Gasteiger charge is -2.46. The van der Waals surface area contributed by atoms with E-state index in [-0.39, 0.29) is 11.9 Å². The summed E-state index contributed by atoms with van der Waals surface area (Å²) >= 11 is 1.03. The summed E-state index contributed by atoms with van der Waals surface area (Å²) in [6, 6.07) is -0.642. The third kappa shape index (κ3) is 2.30. The van der Waals surface area contributed by atoms with Crippen LogP contribution in [-0.2, 0) is 4.79 Å². The third-order valence-corrected chi connectivity index (χ3v) is 5.12. The molecule has 0 bridgehead atoms. The summed E-state index contributed by atoms with van der Waals surface area (Å²) in [5.74, 6) is -0.673. The number of rotatable bonds is 2.